The summed E-state index contributed by atoms with van der Waals surface area (Å²) < 4.78 is 5.15. The van der Waals surface area contributed by atoms with Crippen molar-refractivity contribution in [3.8, 4) is 0 Å². The second-order valence-corrected chi connectivity index (χ2v) is 3.64. The summed E-state index contributed by atoms with van der Waals surface area (Å²) in [7, 11) is 0. The summed E-state index contributed by atoms with van der Waals surface area (Å²) in [5, 5.41) is 14.8. The number of aromatic nitrogens is 2. The molecule has 1 aromatic heterocycles. The zero-order valence-corrected chi connectivity index (χ0v) is 10.6. The molecule has 1 rings (SSSR count). The summed E-state index contributed by atoms with van der Waals surface area (Å²) in [4.78, 5) is 8.14. The molecule has 0 aliphatic carbocycles. The first kappa shape index (κ1) is 14.5. The summed E-state index contributed by atoms with van der Waals surface area (Å²) >= 11 is 0. The molecule has 0 aliphatic rings. The molecule has 102 valence electrons. The molecular formula is C11H21N5O2. The Hall–Kier alpha value is -1.60. The van der Waals surface area contributed by atoms with Crippen LogP contribution in [0.5, 0.6) is 0 Å². The van der Waals surface area contributed by atoms with Gasteiger partial charge in [0, 0.05) is 25.8 Å². The summed E-state index contributed by atoms with van der Waals surface area (Å²) in [5.74, 6) is 1.65. The van der Waals surface area contributed by atoms with Gasteiger partial charge in [-0.1, -0.05) is 0 Å². The average molecular weight is 255 g/mol. The predicted octanol–water partition coefficient (Wildman–Crippen LogP) is 0.302. The highest BCUT2D eigenvalue weighted by Crippen LogP contribution is 2.11. The number of ether oxygens (including phenoxy) is 1. The van der Waals surface area contributed by atoms with Crippen molar-refractivity contribution in [1.82, 2.24) is 9.97 Å². The maximum absolute atomic E-state index is 8.53. The lowest BCUT2D eigenvalue weighted by Crippen LogP contribution is -2.10. The summed E-state index contributed by atoms with van der Waals surface area (Å²) in [5.41, 5.74) is 5.60. The maximum Gasteiger partial charge on any atom is 0.223 e. The Morgan fingerprint density at radius 2 is 2.00 bits per heavy atom. The van der Waals surface area contributed by atoms with Crippen LogP contribution in [0.3, 0.4) is 0 Å². The highest BCUT2D eigenvalue weighted by atomic mass is 16.5. The Bertz CT molecular complexity index is 348. The summed E-state index contributed by atoms with van der Waals surface area (Å²) in [6, 6.07) is 1.81. The highest BCUT2D eigenvalue weighted by Gasteiger charge is 2.00. The molecule has 7 nitrogen and oxygen atoms in total. The van der Waals surface area contributed by atoms with Crippen LogP contribution in [-0.2, 0) is 4.74 Å². The molecule has 0 amide bonds. The van der Waals surface area contributed by atoms with Crippen molar-refractivity contribution < 1.29 is 9.84 Å². The number of nitrogens with two attached hydrogens (primary N) is 1. The third kappa shape index (κ3) is 5.65. The van der Waals surface area contributed by atoms with Crippen molar-refractivity contribution in [3.05, 3.63) is 6.07 Å². The van der Waals surface area contributed by atoms with Crippen LogP contribution in [0.25, 0.3) is 0 Å². The van der Waals surface area contributed by atoms with Crippen molar-refractivity contribution in [2.45, 2.75) is 13.3 Å². The van der Waals surface area contributed by atoms with E-state index in [0.717, 1.165) is 19.5 Å². The van der Waals surface area contributed by atoms with E-state index in [1.54, 1.807) is 0 Å². The molecule has 0 atom stereocenters. The molecule has 0 spiro atoms. The number of rotatable bonds is 9. The number of nitrogen functional groups attached to an aromatic ring is 1. The lowest BCUT2D eigenvalue weighted by Gasteiger charge is -2.09. The van der Waals surface area contributed by atoms with Crippen LogP contribution < -0.4 is 16.4 Å². The van der Waals surface area contributed by atoms with Crippen molar-refractivity contribution in [1.29, 1.82) is 0 Å². The van der Waals surface area contributed by atoms with E-state index in [2.05, 4.69) is 20.6 Å². The molecule has 0 aliphatic heterocycles. The molecule has 5 N–H and O–H groups in total. The average Bonchev–Trinajstić information content (AvgIpc) is 2.33. The van der Waals surface area contributed by atoms with E-state index in [1.165, 1.54) is 0 Å². The van der Waals surface area contributed by atoms with E-state index in [-0.39, 0.29) is 12.6 Å². The number of nitrogens with zero attached hydrogens (tertiary/aromatic N) is 2. The van der Waals surface area contributed by atoms with Crippen molar-refractivity contribution in [3.63, 3.8) is 0 Å². The largest absolute Gasteiger partial charge is 0.394 e. The number of aliphatic hydroxyl groups is 1. The Morgan fingerprint density at radius 1 is 1.28 bits per heavy atom. The molecule has 0 saturated carbocycles. The first-order chi connectivity index (χ1) is 8.76. The molecule has 0 fully saturated rings. The maximum atomic E-state index is 8.53. The third-order valence-corrected chi connectivity index (χ3v) is 2.11. The molecule has 0 radical (unpaired) electrons. The first-order valence-corrected chi connectivity index (χ1v) is 6.07. The van der Waals surface area contributed by atoms with Gasteiger partial charge < -0.3 is 26.2 Å². The van der Waals surface area contributed by atoms with E-state index >= 15 is 0 Å². The van der Waals surface area contributed by atoms with Crippen LogP contribution in [0.2, 0.25) is 0 Å². The van der Waals surface area contributed by atoms with Gasteiger partial charge in [-0.05, 0) is 13.3 Å². The zero-order valence-electron chi connectivity index (χ0n) is 10.6. The van der Waals surface area contributed by atoms with E-state index in [4.69, 9.17) is 15.6 Å². The van der Waals surface area contributed by atoms with Crippen molar-refractivity contribution in [2.75, 3.05) is 49.3 Å². The lowest BCUT2D eigenvalue weighted by molar-refractivity contribution is 0.0922. The second kappa shape index (κ2) is 8.48. The Labute approximate surface area is 107 Å². The number of hydrogen-bond acceptors (Lipinski definition) is 7. The zero-order chi connectivity index (χ0) is 13.2. The Balaban J connectivity index is 2.32. The van der Waals surface area contributed by atoms with E-state index < -0.39 is 0 Å². The third-order valence-electron chi connectivity index (χ3n) is 2.11. The minimum absolute atomic E-state index is 0.0575. The van der Waals surface area contributed by atoms with Crippen molar-refractivity contribution >= 4 is 17.6 Å². The smallest absolute Gasteiger partial charge is 0.223 e. The molecule has 0 aromatic carbocycles. The van der Waals surface area contributed by atoms with Crippen LogP contribution in [0.4, 0.5) is 17.6 Å². The SMILES string of the molecule is CCNc1cc(NCCCOCCO)nc(N)n1. The lowest BCUT2D eigenvalue weighted by atomic mass is 10.4. The van der Waals surface area contributed by atoms with Crippen LogP contribution in [0, 0.1) is 0 Å². The van der Waals surface area contributed by atoms with Gasteiger partial charge >= 0.3 is 0 Å². The number of nitrogens with one attached hydrogen (secondary N) is 2. The fraction of sp³-hybridized carbons (Fsp3) is 0.636. The van der Waals surface area contributed by atoms with Gasteiger partial charge in [0.25, 0.3) is 0 Å². The van der Waals surface area contributed by atoms with Gasteiger partial charge in [0.05, 0.1) is 13.2 Å². The van der Waals surface area contributed by atoms with E-state index in [0.29, 0.717) is 24.8 Å². The minimum atomic E-state index is 0.0575. The molecule has 0 bridgehead atoms. The van der Waals surface area contributed by atoms with Crippen LogP contribution in [0.1, 0.15) is 13.3 Å². The minimum Gasteiger partial charge on any atom is -0.394 e. The topological polar surface area (TPSA) is 105 Å². The fourth-order valence-corrected chi connectivity index (χ4v) is 1.39. The van der Waals surface area contributed by atoms with Gasteiger partial charge in [0.1, 0.15) is 11.6 Å². The Morgan fingerprint density at radius 3 is 2.67 bits per heavy atom. The van der Waals surface area contributed by atoms with E-state index in [1.807, 2.05) is 13.0 Å². The van der Waals surface area contributed by atoms with Gasteiger partial charge in [0.2, 0.25) is 5.95 Å². The summed E-state index contributed by atoms with van der Waals surface area (Å²) in [6.07, 6.45) is 0.834. The van der Waals surface area contributed by atoms with Gasteiger partial charge in [0.15, 0.2) is 0 Å². The van der Waals surface area contributed by atoms with E-state index in [9.17, 15) is 0 Å². The van der Waals surface area contributed by atoms with Crippen molar-refractivity contribution in [2.24, 2.45) is 0 Å². The monoisotopic (exact) mass is 255 g/mol. The predicted molar refractivity (Wildman–Crippen MR) is 71.6 cm³/mol. The van der Waals surface area contributed by atoms with Gasteiger partial charge in [-0.3, -0.25) is 0 Å². The van der Waals surface area contributed by atoms with Gasteiger partial charge in [-0.15, -0.1) is 0 Å². The second-order valence-electron chi connectivity index (χ2n) is 3.64. The normalized spacial score (nSPS) is 10.3. The molecule has 1 aromatic rings. The standard InChI is InChI=1S/C11H21N5O2/c1-2-13-9-8-10(16-11(12)15-9)14-4-3-6-18-7-5-17/h8,17H,2-7H2,1H3,(H4,12,13,14,15,16). The summed E-state index contributed by atoms with van der Waals surface area (Å²) in [6.45, 7) is 4.55. The number of hydrogen-bond donors (Lipinski definition) is 4. The van der Waals surface area contributed by atoms with Gasteiger partial charge in [-0.2, -0.15) is 9.97 Å². The molecule has 18 heavy (non-hydrogen) atoms. The highest BCUT2D eigenvalue weighted by molar-refractivity contribution is 5.50. The number of aliphatic hydroxyl groups excluding tert-OH is 1. The quantitative estimate of drug-likeness (QED) is 0.470. The number of anilines is 3. The molecule has 1 heterocycles. The Kier molecular flexibility index (Phi) is 6.82. The van der Waals surface area contributed by atoms with Crippen LogP contribution in [0.15, 0.2) is 6.07 Å². The molecule has 0 unspecified atom stereocenters. The van der Waals surface area contributed by atoms with Crippen LogP contribution in [-0.4, -0.2) is 48.0 Å². The fourth-order valence-electron chi connectivity index (χ4n) is 1.39. The molecule has 7 heteroatoms. The molecule has 0 saturated heterocycles. The molecular weight excluding hydrogens is 234 g/mol. The first-order valence-electron chi connectivity index (χ1n) is 6.07. The van der Waals surface area contributed by atoms with Crippen LogP contribution >= 0.6 is 0 Å². The van der Waals surface area contributed by atoms with Gasteiger partial charge in [-0.25, -0.2) is 0 Å².